The maximum absolute atomic E-state index is 13.9. The van der Waals surface area contributed by atoms with E-state index in [-0.39, 0.29) is 23.0 Å². The van der Waals surface area contributed by atoms with Gasteiger partial charge < -0.3 is 5.32 Å². The van der Waals surface area contributed by atoms with Gasteiger partial charge >= 0.3 is 6.18 Å². The van der Waals surface area contributed by atoms with Crippen LogP contribution in [0.4, 0.5) is 27.6 Å². The number of anilines is 1. The molecule has 0 aliphatic rings. The number of alkyl halides is 3. The molecule has 140 valence electrons. The van der Waals surface area contributed by atoms with Crippen molar-refractivity contribution in [3.63, 3.8) is 0 Å². The molecule has 1 aromatic heterocycles. The van der Waals surface area contributed by atoms with Gasteiger partial charge in [-0.25, -0.2) is 18.4 Å². The SMILES string of the molecule is Cc1nc(C(=O)Nc2cccc(C(F)(F)F)c2)nn1-c1ccc(F)cc1F. The van der Waals surface area contributed by atoms with E-state index in [4.69, 9.17) is 0 Å². The smallest absolute Gasteiger partial charge is 0.319 e. The third-order valence-electron chi connectivity index (χ3n) is 3.56. The van der Waals surface area contributed by atoms with E-state index in [9.17, 15) is 26.7 Å². The molecule has 0 atom stereocenters. The fourth-order valence-corrected chi connectivity index (χ4v) is 2.33. The van der Waals surface area contributed by atoms with Crippen LogP contribution in [-0.2, 0) is 6.18 Å². The number of halogens is 5. The van der Waals surface area contributed by atoms with Crippen LogP contribution in [0.25, 0.3) is 5.69 Å². The molecule has 10 heteroatoms. The molecule has 0 radical (unpaired) electrons. The molecule has 0 saturated carbocycles. The first-order valence-electron chi connectivity index (χ1n) is 7.53. The van der Waals surface area contributed by atoms with E-state index in [2.05, 4.69) is 15.4 Å². The van der Waals surface area contributed by atoms with E-state index in [1.807, 2.05) is 0 Å². The van der Waals surface area contributed by atoms with Crippen molar-refractivity contribution in [1.29, 1.82) is 0 Å². The van der Waals surface area contributed by atoms with Crippen LogP contribution in [-0.4, -0.2) is 20.7 Å². The van der Waals surface area contributed by atoms with Gasteiger partial charge in [0.2, 0.25) is 5.82 Å². The van der Waals surface area contributed by atoms with E-state index >= 15 is 0 Å². The second-order valence-corrected chi connectivity index (χ2v) is 5.52. The first-order chi connectivity index (χ1) is 12.6. The van der Waals surface area contributed by atoms with Crippen molar-refractivity contribution in [2.24, 2.45) is 0 Å². The molecule has 3 aromatic rings. The molecule has 0 spiro atoms. The Morgan fingerprint density at radius 2 is 1.85 bits per heavy atom. The highest BCUT2D eigenvalue weighted by Gasteiger charge is 2.30. The number of carbonyl (C=O) groups is 1. The lowest BCUT2D eigenvalue weighted by Crippen LogP contribution is -2.15. The number of benzene rings is 2. The average Bonchev–Trinajstić information content (AvgIpc) is 2.96. The first kappa shape index (κ1) is 18.5. The summed E-state index contributed by atoms with van der Waals surface area (Å²) in [7, 11) is 0. The Bertz CT molecular complexity index is 1010. The number of hydrogen-bond acceptors (Lipinski definition) is 3. The number of hydrogen-bond donors (Lipinski definition) is 1. The van der Waals surface area contributed by atoms with E-state index in [1.54, 1.807) is 0 Å². The minimum absolute atomic E-state index is 0.100. The minimum atomic E-state index is -4.56. The lowest BCUT2D eigenvalue weighted by Gasteiger charge is -2.08. The summed E-state index contributed by atoms with van der Waals surface area (Å²) >= 11 is 0. The molecule has 1 heterocycles. The van der Waals surface area contributed by atoms with Crippen LogP contribution in [0.1, 0.15) is 22.0 Å². The fraction of sp³-hybridized carbons (Fsp3) is 0.118. The number of carbonyl (C=O) groups excluding carboxylic acids is 1. The fourth-order valence-electron chi connectivity index (χ4n) is 2.33. The molecule has 0 aliphatic carbocycles. The molecule has 5 nitrogen and oxygen atoms in total. The van der Waals surface area contributed by atoms with Crippen molar-refractivity contribution >= 4 is 11.6 Å². The number of nitrogens with one attached hydrogen (secondary N) is 1. The average molecular weight is 382 g/mol. The topological polar surface area (TPSA) is 59.8 Å². The lowest BCUT2D eigenvalue weighted by molar-refractivity contribution is -0.137. The minimum Gasteiger partial charge on any atom is -0.319 e. The zero-order valence-corrected chi connectivity index (χ0v) is 13.7. The zero-order valence-electron chi connectivity index (χ0n) is 13.7. The summed E-state index contributed by atoms with van der Waals surface area (Å²) in [6, 6.07) is 6.84. The Hall–Kier alpha value is -3.30. The second kappa shape index (κ2) is 6.78. The Morgan fingerprint density at radius 3 is 2.52 bits per heavy atom. The van der Waals surface area contributed by atoms with Crippen molar-refractivity contribution in [3.8, 4) is 5.69 Å². The van der Waals surface area contributed by atoms with Crippen molar-refractivity contribution in [1.82, 2.24) is 14.8 Å². The summed E-state index contributed by atoms with van der Waals surface area (Å²) in [4.78, 5) is 16.1. The van der Waals surface area contributed by atoms with Gasteiger partial charge in [0.05, 0.1) is 5.56 Å². The predicted molar refractivity (Wildman–Crippen MR) is 85.4 cm³/mol. The molecule has 1 amide bonds. The molecule has 0 fully saturated rings. The molecular formula is C17H11F5N4O. The number of amides is 1. The van der Waals surface area contributed by atoms with Crippen LogP contribution in [0.5, 0.6) is 0 Å². The van der Waals surface area contributed by atoms with Gasteiger partial charge in [-0.2, -0.15) is 13.2 Å². The number of aromatic nitrogens is 3. The maximum atomic E-state index is 13.9. The Morgan fingerprint density at radius 1 is 1.11 bits per heavy atom. The summed E-state index contributed by atoms with van der Waals surface area (Å²) in [5.74, 6) is -2.81. The number of nitrogens with zero attached hydrogens (tertiary/aromatic N) is 3. The molecule has 3 rings (SSSR count). The van der Waals surface area contributed by atoms with Crippen LogP contribution in [0, 0.1) is 18.6 Å². The van der Waals surface area contributed by atoms with Gasteiger partial charge in [-0.1, -0.05) is 6.07 Å². The second-order valence-electron chi connectivity index (χ2n) is 5.52. The van der Waals surface area contributed by atoms with Gasteiger partial charge in [0.25, 0.3) is 5.91 Å². The van der Waals surface area contributed by atoms with E-state index < -0.39 is 29.3 Å². The lowest BCUT2D eigenvalue weighted by atomic mass is 10.2. The molecule has 1 N–H and O–H groups in total. The van der Waals surface area contributed by atoms with Crippen molar-refractivity contribution in [3.05, 3.63) is 71.3 Å². The van der Waals surface area contributed by atoms with Gasteiger partial charge in [0.15, 0.2) is 5.82 Å². The van der Waals surface area contributed by atoms with Gasteiger partial charge in [-0.3, -0.25) is 4.79 Å². The Balaban J connectivity index is 1.87. The van der Waals surface area contributed by atoms with Crippen LogP contribution in [0.3, 0.4) is 0 Å². The van der Waals surface area contributed by atoms with E-state index in [1.165, 1.54) is 13.0 Å². The molecular weight excluding hydrogens is 371 g/mol. The van der Waals surface area contributed by atoms with Crippen molar-refractivity contribution < 1.29 is 26.7 Å². The van der Waals surface area contributed by atoms with E-state index in [0.29, 0.717) is 6.07 Å². The van der Waals surface area contributed by atoms with Gasteiger partial charge in [0.1, 0.15) is 17.3 Å². The summed E-state index contributed by atoms with van der Waals surface area (Å²) in [6.45, 7) is 1.44. The summed E-state index contributed by atoms with van der Waals surface area (Å²) < 4.78 is 66.1. The van der Waals surface area contributed by atoms with Crippen molar-refractivity contribution in [2.75, 3.05) is 5.32 Å². The highest BCUT2D eigenvalue weighted by atomic mass is 19.4. The largest absolute Gasteiger partial charge is 0.416 e. The van der Waals surface area contributed by atoms with E-state index in [0.717, 1.165) is 35.0 Å². The van der Waals surface area contributed by atoms with Gasteiger partial charge in [0, 0.05) is 11.8 Å². The summed E-state index contributed by atoms with van der Waals surface area (Å²) in [5, 5.41) is 6.10. The van der Waals surface area contributed by atoms with Crippen LogP contribution in [0.15, 0.2) is 42.5 Å². The standard InChI is InChI=1S/C17H11F5N4O/c1-9-23-15(25-26(9)14-6-5-11(18)8-13(14)19)16(27)24-12-4-2-3-10(7-12)17(20,21)22/h2-8H,1H3,(H,24,27). The third-order valence-corrected chi connectivity index (χ3v) is 3.56. The normalized spacial score (nSPS) is 11.5. The van der Waals surface area contributed by atoms with Gasteiger partial charge in [-0.05, 0) is 37.3 Å². The Kier molecular flexibility index (Phi) is 4.64. The predicted octanol–water partition coefficient (Wildman–Crippen LogP) is 4.13. The first-order valence-corrected chi connectivity index (χ1v) is 7.53. The van der Waals surface area contributed by atoms with Crippen LogP contribution < -0.4 is 5.32 Å². The molecule has 0 bridgehead atoms. The zero-order chi connectivity index (χ0) is 19.8. The van der Waals surface area contributed by atoms with Crippen LogP contribution in [0.2, 0.25) is 0 Å². The highest BCUT2D eigenvalue weighted by Crippen LogP contribution is 2.30. The molecule has 2 aromatic carbocycles. The summed E-state index contributed by atoms with van der Waals surface area (Å²) in [6.07, 6.45) is -4.56. The van der Waals surface area contributed by atoms with Gasteiger partial charge in [-0.15, -0.1) is 5.10 Å². The number of rotatable bonds is 3. The maximum Gasteiger partial charge on any atom is 0.416 e. The summed E-state index contributed by atoms with van der Waals surface area (Å²) in [5.41, 5.74) is -1.15. The van der Waals surface area contributed by atoms with Crippen LogP contribution >= 0.6 is 0 Å². The highest BCUT2D eigenvalue weighted by molar-refractivity contribution is 6.01. The molecule has 0 unspecified atom stereocenters. The Labute approximate surface area is 149 Å². The quantitative estimate of drug-likeness (QED) is 0.693. The third kappa shape index (κ3) is 3.94. The number of aryl methyl sites for hydroxylation is 1. The molecule has 0 aliphatic heterocycles. The van der Waals surface area contributed by atoms with Crippen molar-refractivity contribution in [2.45, 2.75) is 13.1 Å². The molecule has 27 heavy (non-hydrogen) atoms. The monoisotopic (exact) mass is 382 g/mol. The molecule has 0 saturated heterocycles.